The van der Waals surface area contributed by atoms with Crippen molar-refractivity contribution in [2.75, 3.05) is 5.75 Å². The van der Waals surface area contributed by atoms with Gasteiger partial charge in [-0.2, -0.15) is 5.10 Å². The Hall–Kier alpha value is -2.75. The van der Waals surface area contributed by atoms with E-state index in [-0.39, 0.29) is 11.7 Å². The Morgan fingerprint density at radius 2 is 1.58 bits per heavy atom. The first-order valence-corrected chi connectivity index (χ1v) is 12.6. The van der Waals surface area contributed by atoms with Gasteiger partial charge in [0.05, 0.1) is 11.5 Å². The SMILES string of the molecule is C/C(=N/NC(=O)CSc1nnc(-c2ccccc2)n1-c1ccc(Br)cc1)c1ccc(Br)cc1. The van der Waals surface area contributed by atoms with E-state index in [1.54, 1.807) is 0 Å². The molecule has 0 saturated heterocycles. The zero-order valence-corrected chi connectivity index (χ0v) is 21.6. The molecule has 0 saturated carbocycles. The highest BCUT2D eigenvalue weighted by Gasteiger charge is 2.17. The lowest BCUT2D eigenvalue weighted by atomic mass is 10.1. The maximum absolute atomic E-state index is 12.5. The fourth-order valence-electron chi connectivity index (χ4n) is 3.02. The quantitative estimate of drug-likeness (QED) is 0.162. The van der Waals surface area contributed by atoms with Crippen LogP contribution in [0.1, 0.15) is 12.5 Å². The minimum Gasteiger partial charge on any atom is -0.272 e. The summed E-state index contributed by atoms with van der Waals surface area (Å²) in [6.45, 7) is 1.85. The lowest BCUT2D eigenvalue weighted by molar-refractivity contribution is -0.118. The van der Waals surface area contributed by atoms with E-state index >= 15 is 0 Å². The third kappa shape index (κ3) is 5.98. The maximum Gasteiger partial charge on any atom is 0.250 e. The molecule has 0 fully saturated rings. The van der Waals surface area contributed by atoms with Crippen molar-refractivity contribution in [1.29, 1.82) is 0 Å². The maximum atomic E-state index is 12.5. The summed E-state index contributed by atoms with van der Waals surface area (Å²) in [6, 6.07) is 25.5. The van der Waals surface area contributed by atoms with E-state index in [0.717, 1.165) is 31.5 Å². The normalized spacial score (nSPS) is 11.4. The van der Waals surface area contributed by atoms with Crippen molar-refractivity contribution in [3.63, 3.8) is 0 Å². The van der Waals surface area contributed by atoms with Crippen LogP contribution in [-0.2, 0) is 4.79 Å². The van der Waals surface area contributed by atoms with E-state index in [0.29, 0.717) is 11.0 Å². The second kappa shape index (κ2) is 10.9. The van der Waals surface area contributed by atoms with Gasteiger partial charge in [0.25, 0.3) is 5.91 Å². The topological polar surface area (TPSA) is 72.2 Å². The van der Waals surface area contributed by atoms with Gasteiger partial charge in [0, 0.05) is 20.2 Å². The van der Waals surface area contributed by atoms with Gasteiger partial charge >= 0.3 is 0 Å². The van der Waals surface area contributed by atoms with Crippen LogP contribution in [-0.4, -0.2) is 32.1 Å². The van der Waals surface area contributed by atoms with Gasteiger partial charge in [0.1, 0.15) is 0 Å². The Kier molecular flexibility index (Phi) is 7.74. The van der Waals surface area contributed by atoms with E-state index in [9.17, 15) is 4.79 Å². The summed E-state index contributed by atoms with van der Waals surface area (Å²) in [7, 11) is 0. The van der Waals surface area contributed by atoms with Gasteiger partial charge in [-0.25, -0.2) is 5.43 Å². The largest absolute Gasteiger partial charge is 0.272 e. The average Bonchev–Trinajstić information content (AvgIpc) is 3.26. The Bertz CT molecular complexity index is 1270. The standard InChI is InChI=1S/C24H19Br2N5OS/c1-16(17-7-9-19(25)10-8-17)27-28-22(32)15-33-24-30-29-23(18-5-3-2-4-6-18)31(24)21-13-11-20(26)12-14-21/h2-14H,15H2,1H3,(H,28,32)/b27-16-. The van der Waals surface area contributed by atoms with E-state index < -0.39 is 0 Å². The molecule has 9 heteroatoms. The number of nitrogens with one attached hydrogen (secondary N) is 1. The Morgan fingerprint density at radius 3 is 2.24 bits per heavy atom. The van der Waals surface area contributed by atoms with Gasteiger partial charge in [-0.3, -0.25) is 9.36 Å². The van der Waals surface area contributed by atoms with Crippen molar-refractivity contribution in [2.45, 2.75) is 12.1 Å². The predicted molar refractivity (Wildman–Crippen MR) is 140 cm³/mol. The fourth-order valence-corrected chi connectivity index (χ4v) is 4.30. The lowest BCUT2D eigenvalue weighted by Gasteiger charge is -2.10. The number of rotatable bonds is 7. The highest BCUT2D eigenvalue weighted by Crippen LogP contribution is 2.28. The summed E-state index contributed by atoms with van der Waals surface area (Å²) >= 11 is 8.20. The number of aromatic nitrogens is 3. The molecule has 0 spiro atoms. The number of benzene rings is 3. The van der Waals surface area contributed by atoms with Crippen LogP contribution >= 0.6 is 43.6 Å². The van der Waals surface area contributed by atoms with Gasteiger partial charge in [0.15, 0.2) is 11.0 Å². The zero-order chi connectivity index (χ0) is 23.2. The van der Waals surface area contributed by atoms with Crippen molar-refractivity contribution in [1.82, 2.24) is 20.2 Å². The minimum absolute atomic E-state index is 0.153. The Balaban J connectivity index is 1.51. The summed E-state index contributed by atoms with van der Waals surface area (Å²) in [4.78, 5) is 12.5. The molecule has 1 N–H and O–H groups in total. The molecule has 3 aromatic carbocycles. The first kappa shape index (κ1) is 23.4. The monoisotopic (exact) mass is 583 g/mol. The number of hydrogen-bond acceptors (Lipinski definition) is 5. The van der Waals surface area contributed by atoms with Crippen LogP contribution in [0.15, 0.2) is 98.1 Å². The van der Waals surface area contributed by atoms with Crippen molar-refractivity contribution in [3.8, 4) is 17.1 Å². The summed E-state index contributed by atoms with van der Waals surface area (Å²) in [5.74, 6) is 0.647. The van der Waals surface area contributed by atoms with Crippen molar-refractivity contribution in [2.24, 2.45) is 5.10 Å². The molecule has 6 nitrogen and oxygen atoms in total. The molecule has 166 valence electrons. The molecule has 4 aromatic rings. The number of carbonyl (C=O) groups is 1. The number of hydrazone groups is 1. The van der Waals surface area contributed by atoms with Crippen LogP contribution in [0.25, 0.3) is 17.1 Å². The highest BCUT2D eigenvalue weighted by atomic mass is 79.9. The Morgan fingerprint density at radius 1 is 0.939 bits per heavy atom. The number of halogens is 2. The zero-order valence-electron chi connectivity index (χ0n) is 17.6. The minimum atomic E-state index is -0.219. The van der Waals surface area contributed by atoms with Crippen LogP contribution in [0.3, 0.4) is 0 Å². The smallest absolute Gasteiger partial charge is 0.250 e. The summed E-state index contributed by atoms with van der Waals surface area (Å²) in [5, 5.41) is 13.6. The van der Waals surface area contributed by atoms with Crippen LogP contribution in [0, 0.1) is 0 Å². The molecule has 1 amide bonds. The molecular weight excluding hydrogens is 566 g/mol. The molecule has 1 aromatic heterocycles. The van der Waals surface area contributed by atoms with Gasteiger partial charge in [-0.1, -0.05) is 86.1 Å². The van der Waals surface area contributed by atoms with E-state index in [1.807, 2.05) is 90.4 Å². The fraction of sp³-hybridized carbons (Fsp3) is 0.0833. The summed E-state index contributed by atoms with van der Waals surface area (Å²) in [5.41, 5.74) is 6.14. The number of thioether (sulfide) groups is 1. The molecule has 33 heavy (non-hydrogen) atoms. The molecule has 0 bridgehead atoms. The van der Waals surface area contributed by atoms with Gasteiger partial charge in [0.2, 0.25) is 0 Å². The van der Waals surface area contributed by atoms with Gasteiger partial charge in [-0.05, 0) is 48.9 Å². The van der Waals surface area contributed by atoms with Gasteiger partial charge in [-0.15, -0.1) is 10.2 Å². The Labute approximate surface area is 212 Å². The van der Waals surface area contributed by atoms with Crippen LogP contribution in [0.4, 0.5) is 0 Å². The predicted octanol–water partition coefficient (Wildman–Crippen LogP) is 6.09. The third-order valence-electron chi connectivity index (χ3n) is 4.69. The highest BCUT2D eigenvalue weighted by molar-refractivity contribution is 9.10. The third-order valence-corrected chi connectivity index (χ3v) is 6.68. The summed E-state index contributed by atoms with van der Waals surface area (Å²) in [6.07, 6.45) is 0. The molecular formula is C24H19Br2N5OS. The summed E-state index contributed by atoms with van der Waals surface area (Å²) < 4.78 is 3.92. The molecule has 0 unspecified atom stereocenters. The molecule has 1 heterocycles. The van der Waals surface area contributed by atoms with Crippen LogP contribution in [0.2, 0.25) is 0 Å². The molecule has 0 aliphatic carbocycles. The molecule has 0 radical (unpaired) electrons. The van der Waals surface area contributed by atoms with Crippen molar-refractivity contribution < 1.29 is 4.79 Å². The van der Waals surface area contributed by atoms with Crippen molar-refractivity contribution >= 4 is 55.2 Å². The molecule has 4 rings (SSSR count). The molecule has 0 aliphatic heterocycles. The second-order valence-electron chi connectivity index (χ2n) is 7.01. The van der Waals surface area contributed by atoms with Gasteiger partial charge < -0.3 is 0 Å². The lowest BCUT2D eigenvalue weighted by Crippen LogP contribution is -2.21. The van der Waals surface area contributed by atoms with Crippen LogP contribution < -0.4 is 5.43 Å². The second-order valence-corrected chi connectivity index (χ2v) is 9.79. The van der Waals surface area contributed by atoms with E-state index in [2.05, 4.69) is 52.6 Å². The number of nitrogens with zero attached hydrogens (tertiary/aromatic N) is 4. The van der Waals surface area contributed by atoms with Crippen LogP contribution in [0.5, 0.6) is 0 Å². The number of carbonyl (C=O) groups excluding carboxylic acids is 1. The molecule has 0 aliphatic rings. The first-order valence-electron chi connectivity index (χ1n) is 10.00. The van der Waals surface area contributed by atoms with E-state index in [1.165, 1.54) is 11.8 Å². The molecule has 0 atom stereocenters. The van der Waals surface area contributed by atoms with E-state index in [4.69, 9.17) is 0 Å². The number of amides is 1. The van der Waals surface area contributed by atoms with Crippen molar-refractivity contribution in [3.05, 3.63) is 93.4 Å². The first-order chi connectivity index (χ1) is 16.0. The number of hydrogen-bond donors (Lipinski definition) is 1. The average molecular weight is 585 g/mol.